The number of carbonyl (C=O) groups is 1. The van der Waals surface area contributed by atoms with Crippen LogP contribution < -0.4 is 0 Å². The number of hydrogen-bond donors (Lipinski definition) is 1. The van der Waals surface area contributed by atoms with E-state index in [0.29, 0.717) is 6.61 Å². The maximum absolute atomic E-state index is 9.85. The first kappa shape index (κ1) is 8.75. The quantitative estimate of drug-likeness (QED) is 0.271. The zero-order chi connectivity index (χ0) is 7.82. The van der Waals surface area contributed by atoms with Gasteiger partial charge < -0.3 is 9.84 Å². The van der Waals surface area contributed by atoms with E-state index in [2.05, 4.69) is 6.58 Å². The van der Waals surface area contributed by atoms with E-state index in [1.165, 1.54) is 0 Å². The number of carboxylic acids is 1. The van der Waals surface area contributed by atoms with Gasteiger partial charge in [0.25, 0.3) is 0 Å². The van der Waals surface area contributed by atoms with Crippen molar-refractivity contribution in [2.45, 2.75) is 6.42 Å². The van der Waals surface area contributed by atoms with Crippen molar-refractivity contribution in [2.75, 3.05) is 6.61 Å². The lowest BCUT2D eigenvalue weighted by atomic mass is 10.5. The van der Waals surface area contributed by atoms with Crippen LogP contribution in [0.15, 0.2) is 25.0 Å². The summed E-state index contributed by atoms with van der Waals surface area (Å²) < 4.78 is 4.75. The van der Waals surface area contributed by atoms with Crippen molar-refractivity contribution in [1.29, 1.82) is 0 Å². The van der Waals surface area contributed by atoms with Crippen LogP contribution in [0.3, 0.4) is 0 Å². The molecule has 56 valence electrons. The largest absolute Gasteiger partial charge is 0.501 e. The van der Waals surface area contributed by atoms with Crippen LogP contribution in [0.5, 0.6) is 0 Å². The fraction of sp³-hybridized carbons (Fsp3) is 0.286. The molecule has 0 heterocycles. The van der Waals surface area contributed by atoms with E-state index in [9.17, 15) is 4.79 Å². The Bertz CT molecular complexity index is 138. The summed E-state index contributed by atoms with van der Waals surface area (Å²) in [7, 11) is 0. The van der Waals surface area contributed by atoms with Crippen LogP contribution in [-0.4, -0.2) is 17.7 Å². The first-order valence-corrected chi connectivity index (χ1v) is 2.89. The highest BCUT2D eigenvalue weighted by Gasteiger charge is 1.83. The molecule has 3 heteroatoms. The van der Waals surface area contributed by atoms with E-state index >= 15 is 0 Å². The van der Waals surface area contributed by atoms with E-state index in [1.54, 1.807) is 6.08 Å². The molecule has 0 amide bonds. The summed E-state index contributed by atoms with van der Waals surface area (Å²) in [4.78, 5) is 9.85. The predicted octanol–water partition coefficient (Wildman–Crippen LogP) is 1.18. The second-order valence-corrected chi connectivity index (χ2v) is 1.59. The highest BCUT2D eigenvalue weighted by molar-refractivity contribution is 5.79. The summed E-state index contributed by atoms with van der Waals surface area (Å²) in [6.07, 6.45) is 4.54. The third kappa shape index (κ3) is 6.75. The van der Waals surface area contributed by atoms with Gasteiger partial charge in [-0.25, -0.2) is 4.79 Å². The molecule has 0 unspecified atom stereocenters. The average Bonchev–Trinajstić information content (AvgIpc) is 1.87. The normalized spacial score (nSPS) is 9.60. The first-order chi connectivity index (χ1) is 4.77. The molecule has 0 spiro atoms. The molecule has 0 aliphatic rings. The molecule has 0 aliphatic carbocycles. The van der Waals surface area contributed by atoms with Gasteiger partial charge in [-0.05, 0) is 6.42 Å². The Morgan fingerprint density at radius 2 is 2.40 bits per heavy atom. The molecule has 0 aromatic heterocycles. The van der Waals surface area contributed by atoms with Crippen molar-refractivity contribution < 1.29 is 14.6 Å². The molecule has 0 saturated heterocycles. The maximum atomic E-state index is 9.85. The lowest BCUT2D eigenvalue weighted by molar-refractivity contribution is -0.131. The third-order valence-corrected chi connectivity index (χ3v) is 0.747. The van der Waals surface area contributed by atoms with Gasteiger partial charge in [-0.3, -0.25) is 0 Å². The molecule has 10 heavy (non-hydrogen) atoms. The van der Waals surface area contributed by atoms with Crippen molar-refractivity contribution in [3.8, 4) is 0 Å². The van der Waals surface area contributed by atoms with Gasteiger partial charge in [0.05, 0.1) is 18.9 Å². The maximum Gasteiger partial charge on any atom is 0.331 e. The zero-order valence-electron chi connectivity index (χ0n) is 5.62. The van der Waals surface area contributed by atoms with E-state index in [-0.39, 0.29) is 0 Å². The van der Waals surface area contributed by atoms with Gasteiger partial charge in [0.15, 0.2) is 0 Å². The van der Waals surface area contributed by atoms with E-state index in [1.807, 2.05) is 0 Å². The highest BCUT2D eigenvalue weighted by atomic mass is 16.5. The minimum atomic E-state index is -1.00. The second-order valence-electron chi connectivity index (χ2n) is 1.59. The summed E-state index contributed by atoms with van der Waals surface area (Å²) >= 11 is 0. The topological polar surface area (TPSA) is 46.5 Å². The van der Waals surface area contributed by atoms with Crippen LogP contribution >= 0.6 is 0 Å². The fourth-order valence-electron chi connectivity index (χ4n) is 0.326. The second kappa shape index (κ2) is 5.88. The fourth-order valence-corrected chi connectivity index (χ4v) is 0.326. The van der Waals surface area contributed by atoms with Crippen molar-refractivity contribution in [2.24, 2.45) is 0 Å². The zero-order valence-corrected chi connectivity index (χ0v) is 5.62. The van der Waals surface area contributed by atoms with Crippen molar-refractivity contribution >= 4 is 5.97 Å². The summed E-state index contributed by atoms with van der Waals surface area (Å²) in [6.45, 7) is 3.95. The minimum Gasteiger partial charge on any atom is -0.501 e. The molecule has 0 rings (SSSR count). The number of rotatable bonds is 5. The summed E-state index contributed by atoms with van der Waals surface area (Å²) in [5.74, 6) is -1.00. The predicted molar refractivity (Wildman–Crippen MR) is 37.5 cm³/mol. The average molecular weight is 142 g/mol. The summed E-state index contributed by atoms with van der Waals surface area (Å²) in [5.41, 5.74) is 0. The summed E-state index contributed by atoms with van der Waals surface area (Å²) in [6, 6.07) is 0. The van der Waals surface area contributed by atoms with Gasteiger partial charge in [0, 0.05) is 0 Å². The molecule has 0 aromatic carbocycles. The number of ether oxygens (including phenoxy) is 1. The van der Waals surface area contributed by atoms with Crippen LogP contribution in [0, 0.1) is 0 Å². The lowest BCUT2D eigenvalue weighted by Gasteiger charge is -1.93. The molecular weight excluding hydrogens is 132 g/mol. The Hall–Kier alpha value is -1.25. The van der Waals surface area contributed by atoms with Crippen molar-refractivity contribution in [1.82, 2.24) is 0 Å². The highest BCUT2D eigenvalue weighted by Crippen LogP contribution is 1.83. The van der Waals surface area contributed by atoms with Gasteiger partial charge in [-0.2, -0.15) is 0 Å². The SMILES string of the molecule is C=CCCO/C=C/C(=O)O. The Morgan fingerprint density at radius 1 is 1.70 bits per heavy atom. The van der Waals surface area contributed by atoms with E-state index in [0.717, 1.165) is 18.8 Å². The van der Waals surface area contributed by atoms with Crippen LogP contribution in [0.4, 0.5) is 0 Å². The number of aliphatic carboxylic acids is 1. The Kier molecular flexibility index (Phi) is 5.14. The molecule has 3 nitrogen and oxygen atoms in total. The van der Waals surface area contributed by atoms with Gasteiger partial charge in [-0.15, -0.1) is 6.58 Å². The molecular formula is C7H10O3. The minimum absolute atomic E-state index is 0.479. The lowest BCUT2D eigenvalue weighted by Crippen LogP contribution is -1.89. The first-order valence-electron chi connectivity index (χ1n) is 2.89. The molecule has 0 bridgehead atoms. The molecule has 0 atom stereocenters. The number of hydrogen-bond acceptors (Lipinski definition) is 2. The molecule has 0 saturated carbocycles. The van der Waals surface area contributed by atoms with E-state index < -0.39 is 5.97 Å². The van der Waals surface area contributed by atoms with Gasteiger partial charge >= 0.3 is 5.97 Å². The van der Waals surface area contributed by atoms with E-state index in [4.69, 9.17) is 9.84 Å². The number of carboxylic acid groups (broad SMARTS) is 1. The third-order valence-electron chi connectivity index (χ3n) is 0.747. The Balaban J connectivity index is 3.18. The Morgan fingerprint density at radius 3 is 2.90 bits per heavy atom. The molecule has 0 radical (unpaired) electrons. The Labute approximate surface area is 59.6 Å². The molecule has 1 N–H and O–H groups in total. The summed E-state index contributed by atoms with van der Waals surface area (Å²) in [5, 5.41) is 8.08. The van der Waals surface area contributed by atoms with Crippen LogP contribution in [-0.2, 0) is 9.53 Å². The van der Waals surface area contributed by atoms with Gasteiger partial charge in [0.2, 0.25) is 0 Å². The molecule has 0 aliphatic heterocycles. The van der Waals surface area contributed by atoms with Crippen LogP contribution in [0.1, 0.15) is 6.42 Å². The molecule has 0 aromatic rings. The van der Waals surface area contributed by atoms with Crippen molar-refractivity contribution in [3.63, 3.8) is 0 Å². The monoisotopic (exact) mass is 142 g/mol. The van der Waals surface area contributed by atoms with Gasteiger partial charge in [0.1, 0.15) is 0 Å². The van der Waals surface area contributed by atoms with Crippen LogP contribution in [0.2, 0.25) is 0 Å². The molecule has 0 fully saturated rings. The smallest absolute Gasteiger partial charge is 0.331 e. The van der Waals surface area contributed by atoms with Crippen LogP contribution in [0.25, 0.3) is 0 Å². The van der Waals surface area contributed by atoms with Gasteiger partial charge in [-0.1, -0.05) is 6.08 Å². The van der Waals surface area contributed by atoms with Crippen molar-refractivity contribution in [3.05, 3.63) is 25.0 Å². The standard InChI is InChI=1S/C7H10O3/c1-2-3-5-10-6-4-7(8)9/h2,4,6H,1,3,5H2,(H,8,9)/b6-4+.